The predicted molar refractivity (Wildman–Crippen MR) is 117 cm³/mol. The molecule has 2 heterocycles. The SMILES string of the molecule is COc1cc2c(Cl)nnc(N3CCC(CNC(=O)OC(C)(C)C)CC3)c2cc1OC. The van der Waals surface area contributed by atoms with E-state index in [0.717, 1.165) is 42.5 Å². The van der Waals surface area contributed by atoms with Crippen molar-refractivity contribution < 1.29 is 19.0 Å². The number of alkyl carbamates (subject to hydrolysis) is 1. The second-order valence-corrected chi connectivity index (χ2v) is 8.74. The third-order valence-corrected chi connectivity index (χ3v) is 5.35. The van der Waals surface area contributed by atoms with Gasteiger partial charge in [-0.25, -0.2) is 4.79 Å². The van der Waals surface area contributed by atoms with E-state index in [1.807, 2.05) is 32.9 Å². The largest absolute Gasteiger partial charge is 0.493 e. The normalized spacial score (nSPS) is 15.2. The van der Waals surface area contributed by atoms with E-state index in [-0.39, 0.29) is 6.09 Å². The number of carbonyl (C=O) groups excluding carboxylic acids is 1. The van der Waals surface area contributed by atoms with Crippen molar-refractivity contribution in [2.75, 3.05) is 38.8 Å². The first-order chi connectivity index (χ1) is 14.2. The van der Waals surface area contributed by atoms with Gasteiger partial charge in [0.15, 0.2) is 22.5 Å². The van der Waals surface area contributed by atoms with Crippen LogP contribution in [-0.4, -0.2) is 55.7 Å². The minimum Gasteiger partial charge on any atom is -0.493 e. The number of nitrogens with one attached hydrogen (secondary N) is 1. The summed E-state index contributed by atoms with van der Waals surface area (Å²) in [5.41, 5.74) is -0.495. The van der Waals surface area contributed by atoms with Crippen molar-refractivity contribution in [3.8, 4) is 11.5 Å². The summed E-state index contributed by atoms with van der Waals surface area (Å²) in [4.78, 5) is 14.1. The fourth-order valence-electron chi connectivity index (χ4n) is 3.56. The summed E-state index contributed by atoms with van der Waals surface area (Å²) in [6.45, 7) is 7.77. The molecule has 0 unspecified atom stereocenters. The summed E-state index contributed by atoms with van der Waals surface area (Å²) in [5, 5.41) is 13.3. The van der Waals surface area contributed by atoms with Gasteiger partial charge in [0.1, 0.15) is 5.60 Å². The summed E-state index contributed by atoms with van der Waals surface area (Å²) < 4.78 is 16.1. The second kappa shape index (κ2) is 9.12. The van der Waals surface area contributed by atoms with Gasteiger partial charge in [0.25, 0.3) is 0 Å². The maximum atomic E-state index is 11.9. The lowest BCUT2D eigenvalue weighted by Crippen LogP contribution is -2.40. The second-order valence-electron chi connectivity index (χ2n) is 8.38. The smallest absolute Gasteiger partial charge is 0.407 e. The molecule has 9 heteroatoms. The Morgan fingerprint density at radius 3 is 2.30 bits per heavy atom. The first kappa shape index (κ1) is 22.2. The zero-order valence-corrected chi connectivity index (χ0v) is 18.9. The highest BCUT2D eigenvalue weighted by Crippen LogP contribution is 2.38. The third kappa shape index (κ3) is 5.16. The summed E-state index contributed by atoms with van der Waals surface area (Å²) >= 11 is 6.29. The van der Waals surface area contributed by atoms with E-state index in [0.29, 0.717) is 29.1 Å². The molecule has 8 nitrogen and oxygen atoms in total. The fourth-order valence-corrected chi connectivity index (χ4v) is 3.75. The van der Waals surface area contributed by atoms with Gasteiger partial charge in [-0.2, -0.15) is 0 Å². The number of nitrogens with zero attached hydrogens (tertiary/aromatic N) is 3. The molecule has 0 bridgehead atoms. The number of hydrogen-bond donors (Lipinski definition) is 1. The number of aromatic nitrogens is 2. The molecule has 0 atom stereocenters. The van der Waals surface area contributed by atoms with Crippen molar-refractivity contribution in [3.05, 3.63) is 17.3 Å². The molecule has 0 radical (unpaired) electrons. The van der Waals surface area contributed by atoms with Gasteiger partial charge >= 0.3 is 6.09 Å². The molecule has 1 aromatic carbocycles. The van der Waals surface area contributed by atoms with Crippen molar-refractivity contribution in [2.24, 2.45) is 5.92 Å². The van der Waals surface area contributed by atoms with Gasteiger partial charge in [-0.1, -0.05) is 11.6 Å². The Labute approximate surface area is 181 Å². The lowest BCUT2D eigenvalue weighted by Gasteiger charge is -2.33. The van der Waals surface area contributed by atoms with Crippen LogP contribution in [0.25, 0.3) is 10.8 Å². The summed E-state index contributed by atoms with van der Waals surface area (Å²) in [7, 11) is 3.19. The molecule has 0 aliphatic carbocycles. The molecule has 30 heavy (non-hydrogen) atoms. The lowest BCUT2D eigenvalue weighted by molar-refractivity contribution is 0.0517. The highest BCUT2D eigenvalue weighted by Gasteiger charge is 2.24. The van der Waals surface area contributed by atoms with Crippen LogP contribution in [0.3, 0.4) is 0 Å². The minimum atomic E-state index is -0.495. The molecular weight excluding hydrogens is 408 g/mol. The van der Waals surface area contributed by atoms with Crippen LogP contribution >= 0.6 is 11.6 Å². The third-order valence-electron chi connectivity index (χ3n) is 5.07. The molecule has 1 saturated heterocycles. The van der Waals surface area contributed by atoms with Gasteiger partial charge in [-0.05, 0) is 51.7 Å². The van der Waals surface area contributed by atoms with Crippen LogP contribution in [0.2, 0.25) is 5.15 Å². The van der Waals surface area contributed by atoms with Crippen LogP contribution in [0, 0.1) is 5.92 Å². The van der Waals surface area contributed by atoms with Crippen molar-refractivity contribution in [3.63, 3.8) is 0 Å². The molecule has 3 rings (SSSR count). The van der Waals surface area contributed by atoms with Gasteiger partial charge in [0.2, 0.25) is 0 Å². The highest BCUT2D eigenvalue weighted by molar-refractivity contribution is 6.34. The summed E-state index contributed by atoms with van der Waals surface area (Å²) in [6, 6.07) is 3.71. The quantitative estimate of drug-likeness (QED) is 0.756. The molecule has 0 saturated carbocycles. The number of methoxy groups -OCH3 is 2. The van der Waals surface area contributed by atoms with E-state index in [9.17, 15) is 4.79 Å². The Bertz CT molecular complexity index is 908. The highest BCUT2D eigenvalue weighted by atomic mass is 35.5. The molecule has 0 spiro atoms. The molecule has 1 fully saturated rings. The zero-order valence-electron chi connectivity index (χ0n) is 18.1. The van der Waals surface area contributed by atoms with E-state index in [4.69, 9.17) is 25.8 Å². The Balaban J connectivity index is 1.70. The number of piperidine rings is 1. The maximum Gasteiger partial charge on any atom is 0.407 e. The van der Waals surface area contributed by atoms with Gasteiger partial charge in [0, 0.05) is 30.4 Å². The first-order valence-electron chi connectivity index (χ1n) is 10.0. The van der Waals surface area contributed by atoms with Gasteiger partial charge < -0.3 is 24.4 Å². The van der Waals surface area contributed by atoms with Crippen LogP contribution in [0.4, 0.5) is 10.6 Å². The number of halogens is 1. The summed E-state index contributed by atoms with van der Waals surface area (Å²) in [6.07, 6.45) is 1.48. The molecule has 164 valence electrons. The van der Waals surface area contributed by atoms with E-state index in [2.05, 4.69) is 20.4 Å². The Morgan fingerprint density at radius 2 is 1.73 bits per heavy atom. The fraction of sp³-hybridized carbons (Fsp3) is 0.571. The number of amides is 1. The maximum absolute atomic E-state index is 11.9. The average Bonchev–Trinajstić information content (AvgIpc) is 2.71. The average molecular weight is 437 g/mol. The number of ether oxygens (including phenoxy) is 3. The molecular formula is C21H29ClN4O4. The monoisotopic (exact) mass is 436 g/mol. The van der Waals surface area contributed by atoms with Gasteiger partial charge in [-0.3, -0.25) is 0 Å². The van der Waals surface area contributed by atoms with Gasteiger partial charge in [0.05, 0.1) is 14.2 Å². The van der Waals surface area contributed by atoms with Crippen molar-refractivity contribution in [2.45, 2.75) is 39.2 Å². The zero-order chi connectivity index (χ0) is 21.9. The number of rotatable bonds is 5. The molecule has 2 aromatic rings. The number of fused-ring (bicyclic) bond motifs is 1. The van der Waals surface area contributed by atoms with Crippen LogP contribution in [0.1, 0.15) is 33.6 Å². The topological polar surface area (TPSA) is 85.8 Å². The predicted octanol–water partition coefficient (Wildman–Crippen LogP) is 4.04. The number of benzene rings is 1. The minimum absolute atomic E-state index is 0.325. The van der Waals surface area contributed by atoms with Crippen LogP contribution in [0.5, 0.6) is 11.5 Å². The summed E-state index contributed by atoms with van der Waals surface area (Å²) in [5.74, 6) is 2.37. The molecule has 1 amide bonds. The van der Waals surface area contributed by atoms with Crippen LogP contribution in [0.15, 0.2) is 12.1 Å². The number of carbonyl (C=O) groups is 1. The van der Waals surface area contributed by atoms with Crippen LogP contribution < -0.4 is 19.7 Å². The van der Waals surface area contributed by atoms with Gasteiger partial charge in [-0.15, -0.1) is 10.2 Å². The van der Waals surface area contributed by atoms with Crippen molar-refractivity contribution in [1.29, 1.82) is 0 Å². The van der Waals surface area contributed by atoms with E-state index in [1.54, 1.807) is 14.2 Å². The van der Waals surface area contributed by atoms with E-state index in [1.165, 1.54) is 0 Å². The Hall–Kier alpha value is -2.48. The van der Waals surface area contributed by atoms with E-state index < -0.39 is 5.60 Å². The molecule has 1 aromatic heterocycles. The van der Waals surface area contributed by atoms with Crippen molar-refractivity contribution in [1.82, 2.24) is 15.5 Å². The number of anilines is 1. The molecule has 1 N–H and O–H groups in total. The van der Waals surface area contributed by atoms with Crippen molar-refractivity contribution >= 4 is 34.3 Å². The van der Waals surface area contributed by atoms with E-state index >= 15 is 0 Å². The Morgan fingerprint density at radius 1 is 1.13 bits per heavy atom. The Kier molecular flexibility index (Phi) is 6.75. The molecule has 1 aliphatic heterocycles. The first-order valence-corrected chi connectivity index (χ1v) is 10.4. The lowest BCUT2D eigenvalue weighted by atomic mass is 9.96. The standard InChI is InChI=1S/C21H29ClN4O4/c1-21(2,3)30-20(27)23-12-13-6-8-26(9-7-13)19-15-11-17(29-5)16(28-4)10-14(15)18(22)24-25-19/h10-11,13H,6-9,12H2,1-5H3,(H,23,27). The molecule has 1 aliphatic rings. The number of hydrogen-bond acceptors (Lipinski definition) is 7. The van der Waals surface area contributed by atoms with Crippen LogP contribution in [-0.2, 0) is 4.74 Å².